The molecule has 1 fully saturated rings. The standard InChI is InChI=1S/C19H17ClN2O3/c1-12(23)13-6-8-15(9-7-13)21-19(25)14-10-18(24)22(11-14)17-5-3-2-4-16(17)20/h2-9,14H,10-11H2,1H3,(H,21,25)/t14-/m0/s1. The van der Waals surface area contributed by atoms with E-state index in [1.165, 1.54) is 6.92 Å². The number of Topliss-reactive ketones (excluding diaryl/α,β-unsaturated/α-hetero) is 1. The number of rotatable bonds is 4. The summed E-state index contributed by atoms with van der Waals surface area (Å²) in [5.74, 6) is -0.829. The maximum Gasteiger partial charge on any atom is 0.229 e. The number of halogens is 1. The summed E-state index contributed by atoms with van der Waals surface area (Å²) < 4.78 is 0. The Bertz CT molecular complexity index is 833. The smallest absolute Gasteiger partial charge is 0.229 e. The topological polar surface area (TPSA) is 66.5 Å². The fourth-order valence-corrected chi connectivity index (χ4v) is 3.06. The molecule has 6 heteroatoms. The predicted molar refractivity (Wildman–Crippen MR) is 97.0 cm³/mol. The van der Waals surface area contributed by atoms with E-state index in [-0.39, 0.29) is 24.0 Å². The first-order valence-electron chi connectivity index (χ1n) is 7.92. The molecule has 1 aliphatic heterocycles. The summed E-state index contributed by atoms with van der Waals surface area (Å²) in [5.41, 5.74) is 1.80. The molecule has 0 aromatic heterocycles. The van der Waals surface area contributed by atoms with Crippen LogP contribution in [0.1, 0.15) is 23.7 Å². The molecule has 2 aromatic rings. The largest absolute Gasteiger partial charge is 0.326 e. The van der Waals surface area contributed by atoms with E-state index in [0.717, 1.165) is 0 Å². The van der Waals surface area contributed by atoms with Crippen LogP contribution in [0.2, 0.25) is 5.02 Å². The monoisotopic (exact) mass is 356 g/mol. The van der Waals surface area contributed by atoms with Crippen molar-refractivity contribution in [2.45, 2.75) is 13.3 Å². The van der Waals surface area contributed by atoms with Gasteiger partial charge in [0.05, 0.1) is 16.6 Å². The lowest BCUT2D eigenvalue weighted by molar-refractivity contribution is -0.122. The number of hydrogen-bond acceptors (Lipinski definition) is 3. The van der Waals surface area contributed by atoms with Gasteiger partial charge in [0.1, 0.15) is 0 Å². The first-order valence-corrected chi connectivity index (χ1v) is 8.30. The van der Waals surface area contributed by atoms with Crippen molar-refractivity contribution >= 4 is 40.6 Å². The maximum absolute atomic E-state index is 12.5. The zero-order valence-corrected chi connectivity index (χ0v) is 14.4. The number of nitrogens with zero attached hydrogens (tertiary/aromatic N) is 1. The van der Waals surface area contributed by atoms with Gasteiger partial charge in [-0.3, -0.25) is 14.4 Å². The highest BCUT2D eigenvalue weighted by Crippen LogP contribution is 2.31. The summed E-state index contributed by atoms with van der Waals surface area (Å²) in [4.78, 5) is 37.5. The van der Waals surface area contributed by atoms with Crippen molar-refractivity contribution < 1.29 is 14.4 Å². The maximum atomic E-state index is 12.5. The second-order valence-electron chi connectivity index (χ2n) is 5.98. The van der Waals surface area contributed by atoms with E-state index < -0.39 is 5.92 Å². The molecule has 0 unspecified atom stereocenters. The van der Waals surface area contributed by atoms with Crippen LogP contribution in [-0.2, 0) is 9.59 Å². The van der Waals surface area contributed by atoms with E-state index in [9.17, 15) is 14.4 Å². The molecule has 1 saturated heterocycles. The average Bonchev–Trinajstić information content (AvgIpc) is 2.97. The lowest BCUT2D eigenvalue weighted by Crippen LogP contribution is -2.28. The zero-order chi connectivity index (χ0) is 18.0. The van der Waals surface area contributed by atoms with E-state index >= 15 is 0 Å². The Balaban J connectivity index is 1.68. The second kappa shape index (κ2) is 7.07. The van der Waals surface area contributed by atoms with Gasteiger partial charge in [-0.25, -0.2) is 0 Å². The first-order chi connectivity index (χ1) is 12.0. The van der Waals surface area contributed by atoms with Crippen molar-refractivity contribution in [3.63, 3.8) is 0 Å². The molecule has 0 aliphatic carbocycles. The normalized spacial score (nSPS) is 16.8. The molecule has 0 radical (unpaired) electrons. The van der Waals surface area contributed by atoms with Gasteiger partial charge in [-0.05, 0) is 43.3 Å². The van der Waals surface area contributed by atoms with Gasteiger partial charge in [0.25, 0.3) is 0 Å². The quantitative estimate of drug-likeness (QED) is 0.852. The fraction of sp³-hybridized carbons (Fsp3) is 0.211. The van der Waals surface area contributed by atoms with Gasteiger partial charge in [-0.1, -0.05) is 23.7 Å². The third-order valence-electron chi connectivity index (χ3n) is 4.20. The summed E-state index contributed by atoms with van der Waals surface area (Å²) in [5, 5.41) is 3.28. The van der Waals surface area contributed by atoms with Gasteiger partial charge in [0, 0.05) is 24.2 Å². The predicted octanol–water partition coefficient (Wildman–Crippen LogP) is 3.53. The highest BCUT2D eigenvalue weighted by atomic mass is 35.5. The Morgan fingerprint density at radius 3 is 2.44 bits per heavy atom. The molecule has 2 aromatic carbocycles. The molecule has 1 N–H and O–H groups in total. The van der Waals surface area contributed by atoms with Crippen molar-refractivity contribution in [3.8, 4) is 0 Å². The van der Waals surface area contributed by atoms with Crippen molar-refractivity contribution in [1.29, 1.82) is 0 Å². The van der Waals surface area contributed by atoms with Crippen molar-refractivity contribution in [3.05, 3.63) is 59.1 Å². The van der Waals surface area contributed by atoms with E-state index in [1.807, 2.05) is 0 Å². The minimum atomic E-state index is -0.448. The van der Waals surface area contributed by atoms with Crippen LogP contribution < -0.4 is 10.2 Å². The SMILES string of the molecule is CC(=O)c1ccc(NC(=O)[C@H]2CC(=O)N(c3ccccc3Cl)C2)cc1. The molecule has 0 saturated carbocycles. The number of hydrogen-bond donors (Lipinski definition) is 1. The highest BCUT2D eigenvalue weighted by molar-refractivity contribution is 6.33. The molecule has 3 rings (SSSR count). The Labute approximate surface area is 150 Å². The average molecular weight is 357 g/mol. The zero-order valence-electron chi connectivity index (χ0n) is 13.7. The van der Waals surface area contributed by atoms with Crippen molar-refractivity contribution in [2.24, 2.45) is 5.92 Å². The summed E-state index contributed by atoms with van der Waals surface area (Å²) in [7, 11) is 0. The van der Waals surface area contributed by atoms with Crippen LogP contribution in [0.5, 0.6) is 0 Å². The van der Waals surface area contributed by atoms with E-state index in [2.05, 4.69) is 5.32 Å². The number of amides is 2. The number of carbonyl (C=O) groups is 3. The van der Waals surface area contributed by atoms with Gasteiger partial charge in [0.15, 0.2) is 5.78 Å². The summed E-state index contributed by atoms with van der Waals surface area (Å²) in [6.45, 7) is 1.78. The lowest BCUT2D eigenvalue weighted by Gasteiger charge is -2.18. The summed E-state index contributed by atoms with van der Waals surface area (Å²) in [6.07, 6.45) is 0.141. The molecule has 25 heavy (non-hydrogen) atoms. The Morgan fingerprint density at radius 1 is 1.12 bits per heavy atom. The molecular weight excluding hydrogens is 340 g/mol. The van der Waals surface area contributed by atoms with Crippen LogP contribution >= 0.6 is 11.6 Å². The number of para-hydroxylation sites is 1. The van der Waals surface area contributed by atoms with Crippen LogP contribution in [0, 0.1) is 5.92 Å². The fourth-order valence-electron chi connectivity index (χ4n) is 2.82. The minimum absolute atomic E-state index is 0.0327. The van der Waals surface area contributed by atoms with Crippen molar-refractivity contribution in [2.75, 3.05) is 16.8 Å². The Morgan fingerprint density at radius 2 is 1.80 bits per heavy atom. The molecule has 2 amide bonds. The van der Waals surface area contributed by atoms with Gasteiger partial charge in [-0.15, -0.1) is 0 Å². The number of ketones is 1. The third kappa shape index (κ3) is 3.72. The Hall–Kier alpha value is -2.66. The van der Waals surface area contributed by atoms with Gasteiger partial charge < -0.3 is 10.2 Å². The lowest BCUT2D eigenvalue weighted by atomic mass is 10.1. The number of benzene rings is 2. The van der Waals surface area contributed by atoms with Crippen molar-refractivity contribution in [1.82, 2.24) is 0 Å². The highest BCUT2D eigenvalue weighted by Gasteiger charge is 2.35. The molecule has 0 bridgehead atoms. The molecule has 5 nitrogen and oxygen atoms in total. The molecule has 1 heterocycles. The summed E-state index contributed by atoms with van der Waals surface area (Å²) in [6, 6.07) is 13.8. The molecule has 1 aliphatic rings. The number of carbonyl (C=O) groups excluding carboxylic acids is 3. The Kier molecular flexibility index (Phi) is 4.86. The van der Waals surface area contributed by atoms with Crippen LogP contribution in [0.25, 0.3) is 0 Å². The van der Waals surface area contributed by atoms with Gasteiger partial charge >= 0.3 is 0 Å². The number of nitrogens with one attached hydrogen (secondary N) is 1. The van der Waals surface area contributed by atoms with Crippen LogP contribution in [-0.4, -0.2) is 24.1 Å². The molecule has 128 valence electrons. The molecule has 0 spiro atoms. The second-order valence-corrected chi connectivity index (χ2v) is 6.39. The first kappa shape index (κ1) is 17.2. The van der Waals surface area contributed by atoms with Crippen LogP contribution in [0.15, 0.2) is 48.5 Å². The van der Waals surface area contributed by atoms with Crippen LogP contribution in [0.4, 0.5) is 11.4 Å². The minimum Gasteiger partial charge on any atom is -0.326 e. The molecule has 1 atom stereocenters. The van der Waals surface area contributed by atoms with E-state index in [4.69, 9.17) is 11.6 Å². The number of anilines is 2. The van der Waals surface area contributed by atoms with E-state index in [1.54, 1.807) is 53.4 Å². The molecular formula is C19H17ClN2O3. The van der Waals surface area contributed by atoms with Gasteiger partial charge in [-0.2, -0.15) is 0 Å². The van der Waals surface area contributed by atoms with E-state index in [0.29, 0.717) is 28.5 Å². The summed E-state index contributed by atoms with van der Waals surface area (Å²) >= 11 is 6.15. The third-order valence-corrected chi connectivity index (χ3v) is 4.52. The van der Waals surface area contributed by atoms with Crippen LogP contribution in [0.3, 0.4) is 0 Å². The van der Waals surface area contributed by atoms with Gasteiger partial charge in [0.2, 0.25) is 11.8 Å².